The van der Waals surface area contributed by atoms with Crippen molar-refractivity contribution in [2.45, 2.75) is 38.6 Å². The van der Waals surface area contributed by atoms with Gasteiger partial charge in [0, 0.05) is 6.54 Å². The van der Waals surface area contributed by atoms with Crippen LogP contribution in [0.3, 0.4) is 0 Å². The van der Waals surface area contributed by atoms with Gasteiger partial charge in [0.1, 0.15) is 6.04 Å². The number of ether oxygens (including phenoxy) is 1. The first-order valence-electron chi connectivity index (χ1n) is 7.77. The van der Waals surface area contributed by atoms with Crippen molar-refractivity contribution in [2.75, 3.05) is 13.2 Å². The number of nitrogens with zero attached hydrogens (tertiary/aromatic N) is 1. The van der Waals surface area contributed by atoms with E-state index in [9.17, 15) is 14.4 Å². The summed E-state index contributed by atoms with van der Waals surface area (Å²) in [6.45, 7) is 2.09. The molecule has 6 heteroatoms. The molecule has 0 saturated carbocycles. The van der Waals surface area contributed by atoms with Crippen LogP contribution in [0, 0.1) is 6.92 Å². The highest BCUT2D eigenvalue weighted by Crippen LogP contribution is 2.17. The molecule has 1 aliphatic rings. The number of rotatable bonds is 5. The Hall–Kier alpha value is -2.37. The summed E-state index contributed by atoms with van der Waals surface area (Å²) in [6, 6.07) is 6.95. The van der Waals surface area contributed by atoms with Crippen LogP contribution in [0.15, 0.2) is 24.3 Å². The fraction of sp³-hybridized carbons (Fsp3) is 0.471. The standard InChI is InChI=1S/C17H22N2O4/c1-12-5-7-13(8-6-12)10-16(21)23-11-15(20)19-9-3-2-4-14(19)17(18)22/h5-8,14H,2-4,9-11H2,1H3,(H2,18,22)/t14-/m1/s1. The maximum absolute atomic E-state index is 12.2. The number of aryl methyl sites for hydroxylation is 1. The number of carbonyl (C=O) groups excluding carboxylic acids is 3. The summed E-state index contributed by atoms with van der Waals surface area (Å²) in [5.41, 5.74) is 7.27. The van der Waals surface area contributed by atoms with E-state index in [1.165, 1.54) is 4.90 Å². The smallest absolute Gasteiger partial charge is 0.310 e. The second kappa shape index (κ2) is 7.76. The Morgan fingerprint density at radius 3 is 2.57 bits per heavy atom. The van der Waals surface area contributed by atoms with E-state index in [0.717, 1.165) is 24.0 Å². The highest BCUT2D eigenvalue weighted by atomic mass is 16.5. The van der Waals surface area contributed by atoms with Crippen LogP contribution in [0.5, 0.6) is 0 Å². The van der Waals surface area contributed by atoms with Crippen molar-refractivity contribution in [1.82, 2.24) is 4.90 Å². The number of benzene rings is 1. The number of hydrogen-bond acceptors (Lipinski definition) is 4. The second-order valence-electron chi connectivity index (χ2n) is 5.82. The highest BCUT2D eigenvalue weighted by molar-refractivity contribution is 5.88. The van der Waals surface area contributed by atoms with Gasteiger partial charge in [-0.15, -0.1) is 0 Å². The van der Waals surface area contributed by atoms with Gasteiger partial charge in [-0.3, -0.25) is 14.4 Å². The zero-order valence-electron chi connectivity index (χ0n) is 13.3. The summed E-state index contributed by atoms with van der Waals surface area (Å²) in [5.74, 6) is -1.34. The Balaban J connectivity index is 1.84. The van der Waals surface area contributed by atoms with Crippen LogP contribution in [0.1, 0.15) is 30.4 Å². The van der Waals surface area contributed by atoms with E-state index in [4.69, 9.17) is 10.5 Å². The molecule has 2 N–H and O–H groups in total. The molecule has 6 nitrogen and oxygen atoms in total. The van der Waals surface area contributed by atoms with Crippen LogP contribution in [0.2, 0.25) is 0 Å². The molecular weight excluding hydrogens is 296 g/mol. The Labute approximate surface area is 135 Å². The van der Waals surface area contributed by atoms with E-state index in [2.05, 4.69) is 0 Å². The molecular formula is C17H22N2O4. The molecule has 0 radical (unpaired) electrons. The van der Waals surface area contributed by atoms with E-state index in [-0.39, 0.29) is 18.9 Å². The second-order valence-corrected chi connectivity index (χ2v) is 5.82. The van der Waals surface area contributed by atoms with Crippen LogP contribution >= 0.6 is 0 Å². The van der Waals surface area contributed by atoms with Crippen molar-refractivity contribution in [3.8, 4) is 0 Å². The minimum atomic E-state index is -0.591. The lowest BCUT2D eigenvalue weighted by Gasteiger charge is -2.33. The number of amides is 2. The molecule has 1 aromatic rings. The van der Waals surface area contributed by atoms with Gasteiger partial charge in [-0.2, -0.15) is 0 Å². The minimum absolute atomic E-state index is 0.118. The lowest BCUT2D eigenvalue weighted by molar-refractivity contribution is -0.154. The van der Waals surface area contributed by atoms with Gasteiger partial charge < -0.3 is 15.4 Å². The Morgan fingerprint density at radius 2 is 1.91 bits per heavy atom. The first-order valence-corrected chi connectivity index (χ1v) is 7.77. The fourth-order valence-corrected chi connectivity index (χ4v) is 2.67. The molecule has 1 aliphatic heterocycles. The van der Waals surface area contributed by atoms with Gasteiger partial charge in [0.15, 0.2) is 6.61 Å². The topological polar surface area (TPSA) is 89.7 Å². The van der Waals surface area contributed by atoms with Gasteiger partial charge in [-0.05, 0) is 31.7 Å². The van der Waals surface area contributed by atoms with E-state index >= 15 is 0 Å². The molecule has 1 fully saturated rings. The fourth-order valence-electron chi connectivity index (χ4n) is 2.67. The van der Waals surface area contributed by atoms with Gasteiger partial charge in [-0.25, -0.2) is 0 Å². The molecule has 1 aromatic carbocycles. The summed E-state index contributed by atoms with van der Waals surface area (Å²) in [5, 5.41) is 0. The molecule has 0 bridgehead atoms. The summed E-state index contributed by atoms with van der Waals surface area (Å²) in [7, 11) is 0. The van der Waals surface area contributed by atoms with E-state index in [1.54, 1.807) is 0 Å². The molecule has 1 saturated heterocycles. The molecule has 0 unspecified atom stereocenters. The van der Waals surface area contributed by atoms with E-state index < -0.39 is 17.9 Å². The average Bonchev–Trinajstić information content (AvgIpc) is 2.54. The largest absolute Gasteiger partial charge is 0.455 e. The number of hydrogen-bond donors (Lipinski definition) is 1. The zero-order chi connectivity index (χ0) is 16.8. The third-order valence-corrected chi connectivity index (χ3v) is 3.98. The molecule has 124 valence electrons. The van der Waals surface area contributed by atoms with Gasteiger partial charge in [0.2, 0.25) is 5.91 Å². The normalized spacial score (nSPS) is 17.6. The van der Waals surface area contributed by atoms with Gasteiger partial charge >= 0.3 is 5.97 Å². The van der Waals surface area contributed by atoms with Gasteiger partial charge in [-0.1, -0.05) is 29.8 Å². The maximum Gasteiger partial charge on any atom is 0.310 e. The van der Waals surface area contributed by atoms with Crippen LogP contribution in [0.25, 0.3) is 0 Å². The predicted octanol–water partition coefficient (Wildman–Crippen LogP) is 0.947. The molecule has 0 spiro atoms. The third kappa shape index (κ3) is 4.81. The van der Waals surface area contributed by atoms with Gasteiger partial charge in [0.25, 0.3) is 5.91 Å². The highest BCUT2D eigenvalue weighted by Gasteiger charge is 2.30. The van der Waals surface area contributed by atoms with Crippen LogP contribution in [-0.4, -0.2) is 41.9 Å². The molecule has 23 heavy (non-hydrogen) atoms. The summed E-state index contributed by atoms with van der Waals surface area (Å²) in [6.07, 6.45) is 2.38. The van der Waals surface area contributed by atoms with Crippen molar-refractivity contribution in [1.29, 1.82) is 0 Å². The summed E-state index contributed by atoms with van der Waals surface area (Å²) < 4.78 is 5.04. The van der Waals surface area contributed by atoms with E-state index in [1.807, 2.05) is 31.2 Å². The molecule has 0 aromatic heterocycles. The average molecular weight is 318 g/mol. The van der Waals surface area contributed by atoms with Crippen molar-refractivity contribution in [2.24, 2.45) is 5.73 Å². The number of piperidine rings is 1. The van der Waals surface area contributed by atoms with Crippen molar-refractivity contribution >= 4 is 17.8 Å². The van der Waals surface area contributed by atoms with Crippen molar-refractivity contribution < 1.29 is 19.1 Å². The summed E-state index contributed by atoms with van der Waals surface area (Å²) >= 11 is 0. The number of nitrogens with two attached hydrogens (primary N) is 1. The number of likely N-dealkylation sites (tertiary alicyclic amines) is 1. The number of primary amides is 1. The molecule has 1 atom stereocenters. The van der Waals surface area contributed by atoms with Crippen molar-refractivity contribution in [3.63, 3.8) is 0 Å². The quantitative estimate of drug-likeness (QED) is 0.818. The van der Waals surface area contributed by atoms with Gasteiger partial charge in [0.05, 0.1) is 6.42 Å². The molecule has 2 amide bonds. The van der Waals surface area contributed by atoms with Crippen LogP contribution in [0.4, 0.5) is 0 Å². The molecule has 2 rings (SSSR count). The van der Waals surface area contributed by atoms with Crippen LogP contribution in [-0.2, 0) is 25.5 Å². The first kappa shape index (κ1) is 17.0. The van der Waals surface area contributed by atoms with E-state index in [0.29, 0.717) is 13.0 Å². The minimum Gasteiger partial charge on any atom is -0.455 e. The first-order chi connectivity index (χ1) is 11.0. The monoisotopic (exact) mass is 318 g/mol. The molecule has 1 heterocycles. The predicted molar refractivity (Wildman–Crippen MR) is 84.4 cm³/mol. The maximum atomic E-state index is 12.2. The third-order valence-electron chi connectivity index (χ3n) is 3.98. The zero-order valence-corrected chi connectivity index (χ0v) is 13.3. The molecule has 0 aliphatic carbocycles. The van der Waals surface area contributed by atoms with Crippen LogP contribution < -0.4 is 5.73 Å². The van der Waals surface area contributed by atoms with Crippen molar-refractivity contribution in [3.05, 3.63) is 35.4 Å². The SMILES string of the molecule is Cc1ccc(CC(=O)OCC(=O)N2CCCC[C@@H]2C(N)=O)cc1. The summed E-state index contributed by atoms with van der Waals surface area (Å²) in [4.78, 5) is 36.8. The Kier molecular flexibility index (Phi) is 5.73. The lowest BCUT2D eigenvalue weighted by atomic mass is 10.0. The lowest BCUT2D eigenvalue weighted by Crippen LogP contribution is -2.51. The number of esters is 1. The Bertz CT molecular complexity index is 583. The number of carbonyl (C=O) groups is 3. The Morgan fingerprint density at radius 1 is 1.22 bits per heavy atom.